The van der Waals surface area contributed by atoms with Crippen molar-refractivity contribution >= 4 is 17.4 Å². The van der Waals surface area contributed by atoms with E-state index in [0.29, 0.717) is 5.78 Å². The molecule has 1 aliphatic carbocycles. The van der Waals surface area contributed by atoms with E-state index in [-0.39, 0.29) is 17.2 Å². The zero-order valence-corrected chi connectivity index (χ0v) is 14.5. The molecule has 1 spiro atoms. The summed E-state index contributed by atoms with van der Waals surface area (Å²) in [5, 5.41) is 6.46. The Labute approximate surface area is 151 Å². The molecule has 2 N–H and O–H groups in total. The van der Waals surface area contributed by atoms with Crippen LogP contribution in [-0.2, 0) is 4.79 Å². The first-order valence-corrected chi connectivity index (χ1v) is 9.15. The van der Waals surface area contributed by atoms with Crippen molar-refractivity contribution < 1.29 is 4.79 Å². The van der Waals surface area contributed by atoms with Crippen LogP contribution in [0.25, 0.3) is 17.0 Å². The van der Waals surface area contributed by atoms with Crippen LogP contribution in [0.3, 0.4) is 0 Å². The summed E-state index contributed by atoms with van der Waals surface area (Å²) in [5.41, 5.74) is 2.99. The quantitative estimate of drug-likeness (QED) is 0.764. The highest BCUT2D eigenvalue weighted by atomic mass is 16.2. The van der Waals surface area contributed by atoms with E-state index in [4.69, 9.17) is 0 Å². The topological polar surface area (TPSA) is 71.3 Å². The molecule has 26 heavy (non-hydrogen) atoms. The maximum atomic E-state index is 12.6. The first-order chi connectivity index (χ1) is 12.7. The summed E-state index contributed by atoms with van der Waals surface area (Å²) in [5.74, 6) is 1.02. The van der Waals surface area contributed by atoms with E-state index < -0.39 is 0 Å². The molecule has 5 rings (SSSR count). The number of amides is 1. The standard InChI is InChI=1S/C20H21N5O/c26-18(16-12-20(16)6-9-21-10-7-20)23-15-4-2-14(3-5-15)17-13-25-11-1-8-22-19(25)24-17/h1-5,8,11,13,16,21H,6-7,9-10,12H2,(H,23,26). The van der Waals surface area contributed by atoms with Crippen molar-refractivity contribution in [2.45, 2.75) is 19.3 Å². The lowest BCUT2D eigenvalue weighted by atomic mass is 9.92. The second kappa shape index (κ2) is 5.92. The highest BCUT2D eigenvalue weighted by Gasteiger charge is 2.57. The average Bonchev–Trinajstić information content (AvgIpc) is 3.18. The Morgan fingerprint density at radius 1 is 1.23 bits per heavy atom. The van der Waals surface area contributed by atoms with Crippen LogP contribution in [0.2, 0.25) is 0 Å². The fourth-order valence-electron chi connectivity index (χ4n) is 4.12. The van der Waals surface area contributed by atoms with Crippen LogP contribution >= 0.6 is 0 Å². The first-order valence-electron chi connectivity index (χ1n) is 9.15. The number of nitrogens with one attached hydrogen (secondary N) is 2. The van der Waals surface area contributed by atoms with Crippen LogP contribution in [0, 0.1) is 11.3 Å². The van der Waals surface area contributed by atoms with Gasteiger partial charge in [-0.3, -0.25) is 9.20 Å². The molecule has 1 saturated heterocycles. The molecule has 132 valence electrons. The number of fused-ring (bicyclic) bond motifs is 1. The minimum Gasteiger partial charge on any atom is -0.326 e. The Bertz CT molecular complexity index is 923. The summed E-state index contributed by atoms with van der Waals surface area (Å²) in [6.07, 6.45) is 8.89. The zero-order valence-electron chi connectivity index (χ0n) is 14.5. The lowest BCUT2D eigenvalue weighted by Gasteiger charge is -2.23. The third kappa shape index (κ3) is 2.66. The van der Waals surface area contributed by atoms with Crippen LogP contribution in [0.1, 0.15) is 19.3 Å². The van der Waals surface area contributed by atoms with E-state index in [1.807, 2.05) is 47.1 Å². The predicted molar refractivity (Wildman–Crippen MR) is 99.7 cm³/mol. The summed E-state index contributed by atoms with van der Waals surface area (Å²) >= 11 is 0. The largest absolute Gasteiger partial charge is 0.326 e. The Hall–Kier alpha value is -2.73. The van der Waals surface area contributed by atoms with E-state index in [2.05, 4.69) is 20.6 Å². The van der Waals surface area contributed by atoms with Crippen molar-refractivity contribution in [3.8, 4) is 11.3 Å². The Morgan fingerprint density at radius 3 is 2.81 bits per heavy atom. The number of nitrogens with zero attached hydrogens (tertiary/aromatic N) is 3. The van der Waals surface area contributed by atoms with Gasteiger partial charge in [0.2, 0.25) is 11.7 Å². The number of imidazole rings is 1. The molecule has 1 unspecified atom stereocenters. The second-order valence-corrected chi connectivity index (χ2v) is 7.39. The minimum atomic E-state index is 0.164. The van der Waals surface area contributed by atoms with Gasteiger partial charge < -0.3 is 10.6 Å². The summed E-state index contributed by atoms with van der Waals surface area (Å²) in [7, 11) is 0. The van der Waals surface area contributed by atoms with Gasteiger partial charge in [0.1, 0.15) is 0 Å². The van der Waals surface area contributed by atoms with Crippen molar-refractivity contribution in [1.29, 1.82) is 0 Å². The fraction of sp³-hybridized carbons (Fsp3) is 0.350. The number of rotatable bonds is 3. The molecule has 0 bridgehead atoms. The van der Waals surface area contributed by atoms with Crippen LogP contribution in [0.4, 0.5) is 5.69 Å². The minimum absolute atomic E-state index is 0.164. The number of aromatic nitrogens is 3. The third-order valence-electron chi connectivity index (χ3n) is 5.79. The lowest BCUT2D eigenvalue weighted by Crippen LogP contribution is -2.31. The van der Waals surface area contributed by atoms with E-state index in [0.717, 1.165) is 49.3 Å². The van der Waals surface area contributed by atoms with Crippen LogP contribution in [0.15, 0.2) is 48.9 Å². The molecule has 2 fully saturated rings. The summed E-state index contributed by atoms with van der Waals surface area (Å²) < 4.78 is 1.90. The highest BCUT2D eigenvalue weighted by Crippen LogP contribution is 2.58. The highest BCUT2D eigenvalue weighted by molar-refractivity contribution is 5.95. The molecular formula is C20H21N5O. The van der Waals surface area contributed by atoms with Crippen molar-refractivity contribution in [1.82, 2.24) is 19.7 Å². The van der Waals surface area contributed by atoms with Gasteiger partial charge in [0.15, 0.2) is 0 Å². The van der Waals surface area contributed by atoms with Gasteiger partial charge in [-0.25, -0.2) is 9.97 Å². The van der Waals surface area contributed by atoms with Gasteiger partial charge in [-0.05, 0) is 56.0 Å². The number of anilines is 1. The third-order valence-corrected chi connectivity index (χ3v) is 5.79. The smallest absolute Gasteiger partial charge is 0.234 e. The van der Waals surface area contributed by atoms with Gasteiger partial charge in [-0.1, -0.05) is 12.1 Å². The summed E-state index contributed by atoms with van der Waals surface area (Å²) in [6, 6.07) is 9.75. The molecule has 1 aliphatic heterocycles. The Morgan fingerprint density at radius 2 is 2.04 bits per heavy atom. The monoisotopic (exact) mass is 347 g/mol. The molecule has 1 saturated carbocycles. The Kier molecular flexibility index (Phi) is 3.53. The van der Waals surface area contributed by atoms with E-state index in [9.17, 15) is 4.79 Å². The van der Waals surface area contributed by atoms with E-state index in [1.165, 1.54) is 0 Å². The molecule has 1 aromatic carbocycles. The lowest BCUT2D eigenvalue weighted by molar-refractivity contribution is -0.118. The normalized spacial score (nSPS) is 21.0. The molecule has 1 amide bonds. The van der Waals surface area contributed by atoms with Crippen molar-refractivity contribution in [3.05, 3.63) is 48.9 Å². The summed E-state index contributed by atoms with van der Waals surface area (Å²) in [6.45, 7) is 2.07. The Balaban J connectivity index is 1.29. The van der Waals surface area contributed by atoms with Gasteiger partial charge in [0.25, 0.3) is 0 Å². The number of carbonyl (C=O) groups is 1. The summed E-state index contributed by atoms with van der Waals surface area (Å²) in [4.78, 5) is 21.3. The number of hydrogen-bond acceptors (Lipinski definition) is 4. The second-order valence-electron chi connectivity index (χ2n) is 7.39. The molecule has 1 atom stereocenters. The molecule has 2 aliphatic rings. The van der Waals surface area contributed by atoms with Crippen LogP contribution in [-0.4, -0.2) is 33.4 Å². The van der Waals surface area contributed by atoms with Gasteiger partial charge in [-0.15, -0.1) is 0 Å². The van der Waals surface area contributed by atoms with E-state index in [1.54, 1.807) is 6.20 Å². The molecule has 2 aromatic heterocycles. The maximum Gasteiger partial charge on any atom is 0.234 e. The van der Waals surface area contributed by atoms with Gasteiger partial charge >= 0.3 is 0 Å². The molecule has 6 heteroatoms. The van der Waals surface area contributed by atoms with Crippen molar-refractivity contribution in [3.63, 3.8) is 0 Å². The predicted octanol–water partition coefficient (Wildman–Crippen LogP) is 2.72. The van der Waals surface area contributed by atoms with Crippen LogP contribution < -0.4 is 10.6 Å². The van der Waals surface area contributed by atoms with Crippen LogP contribution in [0.5, 0.6) is 0 Å². The van der Waals surface area contributed by atoms with Gasteiger partial charge in [-0.2, -0.15) is 0 Å². The SMILES string of the molecule is O=C(Nc1ccc(-c2cn3cccnc3n2)cc1)C1CC12CCNCC2. The average molecular weight is 347 g/mol. The number of piperidine rings is 1. The molecule has 6 nitrogen and oxygen atoms in total. The number of hydrogen-bond donors (Lipinski definition) is 2. The van der Waals surface area contributed by atoms with Gasteiger partial charge in [0.05, 0.1) is 5.69 Å². The number of carbonyl (C=O) groups excluding carboxylic acids is 1. The van der Waals surface area contributed by atoms with Crippen molar-refractivity contribution in [2.24, 2.45) is 11.3 Å². The van der Waals surface area contributed by atoms with E-state index >= 15 is 0 Å². The fourth-order valence-corrected chi connectivity index (χ4v) is 4.12. The maximum absolute atomic E-state index is 12.6. The van der Waals surface area contributed by atoms with Gasteiger partial charge in [0, 0.05) is 35.8 Å². The molecular weight excluding hydrogens is 326 g/mol. The molecule has 3 aromatic rings. The molecule has 0 radical (unpaired) electrons. The van der Waals surface area contributed by atoms with Crippen molar-refractivity contribution in [2.75, 3.05) is 18.4 Å². The number of benzene rings is 1. The zero-order chi connectivity index (χ0) is 17.6. The first kappa shape index (κ1) is 15.5. The molecule has 3 heterocycles.